The summed E-state index contributed by atoms with van der Waals surface area (Å²) in [6.45, 7) is 5.37. The molecule has 1 N–H and O–H groups in total. The Bertz CT molecular complexity index is 561. The van der Waals surface area contributed by atoms with Crippen molar-refractivity contribution in [3.63, 3.8) is 0 Å². The lowest BCUT2D eigenvalue weighted by atomic mass is 9.99. The lowest BCUT2D eigenvalue weighted by Crippen LogP contribution is -2.39. The van der Waals surface area contributed by atoms with E-state index in [1.807, 2.05) is 32.9 Å². The van der Waals surface area contributed by atoms with Crippen LogP contribution in [0.25, 0.3) is 0 Å². The molecule has 0 aromatic heterocycles. The summed E-state index contributed by atoms with van der Waals surface area (Å²) in [4.78, 5) is 24.7. The summed E-state index contributed by atoms with van der Waals surface area (Å²) in [6.07, 6.45) is -0.155. The SMILES string of the molecule is Cc1cc(C)c(C(=O)N2CCC(F)(C(=O)O)C2)c(C)c1. The van der Waals surface area contributed by atoms with E-state index in [1.54, 1.807) is 0 Å². The van der Waals surface area contributed by atoms with Crippen LogP contribution in [-0.4, -0.2) is 40.6 Å². The number of rotatable bonds is 2. The molecule has 1 aromatic carbocycles. The maximum atomic E-state index is 14.0. The number of carbonyl (C=O) groups excluding carboxylic acids is 1. The maximum Gasteiger partial charge on any atom is 0.343 e. The van der Waals surface area contributed by atoms with Crippen LogP contribution in [0.2, 0.25) is 0 Å². The normalized spacial score (nSPS) is 22.1. The highest BCUT2D eigenvalue weighted by Crippen LogP contribution is 2.28. The fourth-order valence-corrected chi connectivity index (χ4v) is 2.80. The number of hydrogen-bond donors (Lipinski definition) is 1. The number of halogens is 1. The van der Waals surface area contributed by atoms with Gasteiger partial charge in [-0.15, -0.1) is 0 Å². The molecule has 1 atom stereocenters. The third kappa shape index (κ3) is 2.40. The Hall–Kier alpha value is -1.91. The molecule has 1 aromatic rings. The molecule has 0 aliphatic carbocycles. The lowest BCUT2D eigenvalue weighted by Gasteiger charge is -2.20. The molecule has 0 bridgehead atoms. The van der Waals surface area contributed by atoms with Gasteiger partial charge < -0.3 is 10.0 Å². The van der Waals surface area contributed by atoms with Crippen molar-refractivity contribution in [1.29, 1.82) is 0 Å². The Balaban J connectivity index is 2.28. The maximum absolute atomic E-state index is 14.0. The number of hydrogen-bond acceptors (Lipinski definition) is 2. The predicted molar refractivity (Wildman–Crippen MR) is 72.6 cm³/mol. The van der Waals surface area contributed by atoms with Gasteiger partial charge in [0, 0.05) is 18.5 Å². The van der Waals surface area contributed by atoms with Crippen molar-refractivity contribution in [3.8, 4) is 0 Å². The van der Waals surface area contributed by atoms with Gasteiger partial charge in [-0.3, -0.25) is 4.79 Å². The highest BCUT2D eigenvalue weighted by molar-refractivity contribution is 5.98. The Labute approximate surface area is 117 Å². The average Bonchev–Trinajstić information content (AvgIpc) is 2.72. The molecule has 0 radical (unpaired) electrons. The topological polar surface area (TPSA) is 57.6 Å². The number of carbonyl (C=O) groups is 2. The molecular weight excluding hydrogens is 261 g/mol. The van der Waals surface area contributed by atoms with Crippen molar-refractivity contribution in [3.05, 3.63) is 34.4 Å². The van der Waals surface area contributed by atoms with Crippen LogP contribution in [0.4, 0.5) is 4.39 Å². The van der Waals surface area contributed by atoms with E-state index in [1.165, 1.54) is 4.90 Å². The molecule has 1 heterocycles. The van der Waals surface area contributed by atoms with E-state index in [9.17, 15) is 14.0 Å². The smallest absolute Gasteiger partial charge is 0.343 e. The summed E-state index contributed by atoms with van der Waals surface area (Å²) in [5.41, 5.74) is 0.953. The van der Waals surface area contributed by atoms with Crippen molar-refractivity contribution in [1.82, 2.24) is 4.90 Å². The van der Waals surface area contributed by atoms with Crippen LogP contribution >= 0.6 is 0 Å². The first kappa shape index (κ1) is 14.5. The minimum atomic E-state index is -2.32. The molecule has 1 saturated heterocycles. The predicted octanol–water partition coefficient (Wildman–Crippen LogP) is 2.25. The van der Waals surface area contributed by atoms with Gasteiger partial charge >= 0.3 is 5.97 Å². The number of aryl methyl sites for hydroxylation is 3. The third-order valence-corrected chi connectivity index (χ3v) is 3.78. The number of nitrogens with zero attached hydrogens (tertiary/aromatic N) is 1. The molecule has 0 spiro atoms. The van der Waals surface area contributed by atoms with E-state index in [0.717, 1.165) is 16.7 Å². The number of alkyl halides is 1. The van der Waals surface area contributed by atoms with Gasteiger partial charge in [0.05, 0.1) is 6.54 Å². The Morgan fingerprint density at radius 3 is 2.25 bits per heavy atom. The van der Waals surface area contributed by atoms with Crippen molar-refractivity contribution in [2.45, 2.75) is 32.9 Å². The molecule has 5 heteroatoms. The minimum Gasteiger partial charge on any atom is -0.479 e. The number of carboxylic acid groups (broad SMARTS) is 1. The van der Waals surface area contributed by atoms with Gasteiger partial charge in [0.15, 0.2) is 0 Å². The van der Waals surface area contributed by atoms with Gasteiger partial charge in [0.1, 0.15) is 0 Å². The first-order valence-corrected chi connectivity index (χ1v) is 6.54. The van der Waals surface area contributed by atoms with Gasteiger partial charge in [-0.25, -0.2) is 9.18 Å². The van der Waals surface area contributed by atoms with Gasteiger partial charge in [-0.1, -0.05) is 17.7 Å². The number of carboxylic acids is 1. The van der Waals surface area contributed by atoms with Crippen LogP contribution in [0.5, 0.6) is 0 Å². The summed E-state index contributed by atoms with van der Waals surface area (Å²) < 4.78 is 14.0. The largest absolute Gasteiger partial charge is 0.479 e. The van der Waals surface area contributed by atoms with Crippen LogP contribution < -0.4 is 0 Å². The zero-order valence-electron chi connectivity index (χ0n) is 11.9. The summed E-state index contributed by atoms with van der Waals surface area (Å²) >= 11 is 0. The number of amides is 1. The van der Waals surface area contributed by atoms with E-state index in [4.69, 9.17) is 5.11 Å². The monoisotopic (exact) mass is 279 g/mol. The van der Waals surface area contributed by atoms with Crippen molar-refractivity contribution in [2.24, 2.45) is 0 Å². The number of benzene rings is 1. The van der Waals surface area contributed by atoms with Gasteiger partial charge in [0.25, 0.3) is 5.91 Å². The highest BCUT2D eigenvalue weighted by atomic mass is 19.1. The molecule has 108 valence electrons. The molecule has 20 heavy (non-hydrogen) atoms. The second kappa shape index (κ2) is 4.89. The van der Waals surface area contributed by atoms with E-state index in [-0.39, 0.29) is 25.4 Å². The zero-order chi connectivity index (χ0) is 15.1. The Morgan fingerprint density at radius 1 is 1.25 bits per heavy atom. The van der Waals surface area contributed by atoms with E-state index < -0.39 is 11.6 Å². The highest BCUT2D eigenvalue weighted by Gasteiger charge is 2.47. The molecule has 1 unspecified atom stereocenters. The second-order valence-corrected chi connectivity index (χ2v) is 5.52. The molecular formula is C15H18FNO3. The first-order valence-electron chi connectivity index (χ1n) is 6.54. The molecule has 1 amide bonds. The van der Waals surface area contributed by atoms with E-state index in [2.05, 4.69) is 0 Å². The van der Waals surface area contributed by atoms with Gasteiger partial charge in [0.2, 0.25) is 5.67 Å². The summed E-state index contributed by atoms with van der Waals surface area (Å²) in [5.74, 6) is -1.79. The summed E-state index contributed by atoms with van der Waals surface area (Å²) in [6, 6.07) is 3.80. The second-order valence-electron chi connectivity index (χ2n) is 5.52. The standard InChI is InChI=1S/C15H18FNO3/c1-9-6-10(2)12(11(3)7-9)13(18)17-5-4-15(16,8-17)14(19)20/h6-7H,4-5,8H2,1-3H3,(H,19,20). The lowest BCUT2D eigenvalue weighted by molar-refractivity contribution is -0.149. The third-order valence-electron chi connectivity index (χ3n) is 3.78. The molecule has 1 aliphatic heterocycles. The van der Waals surface area contributed by atoms with E-state index >= 15 is 0 Å². The first-order chi connectivity index (χ1) is 9.24. The average molecular weight is 279 g/mol. The quantitative estimate of drug-likeness (QED) is 0.903. The molecule has 1 aliphatic rings. The van der Waals surface area contributed by atoms with Crippen molar-refractivity contribution < 1.29 is 19.1 Å². The molecule has 4 nitrogen and oxygen atoms in total. The van der Waals surface area contributed by atoms with Gasteiger partial charge in [-0.2, -0.15) is 0 Å². The molecule has 2 rings (SSSR count). The van der Waals surface area contributed by atoms with Crippen LogP contribution in [0.1, 0.15) is 33.5 Å². The van der Waals surface area contributed by atoms with Crippen LogP contribution in [0.3, 0.4) is 0 Å². The van der Waals surface area contributed by atoms with Crippen LogP contribution in [0, 0.1) is 20.8 Å². The van der Waals surface area contributed by atoms with Crippen LogP contribution in [0.15, 0.2) is 12.1 Å². The van der Waals surface area contributed by atoms with Crippen LogP contribution in [-0.2, 0) is 4.79 Å². The number of aliphatic carboxylic acids is 1. The molecule has 1 fully saturated rings. The Kier molecular flexibility index (Phi) is 3.54. The Morgan fingerprint density at radius 2 is 1.80 bits per heavy atom. The number of likely N-dealkylation sites (tertiary alicyclic amines) is 1. The minimum absolute atomic E-state index is 0.133. The fraction of sp³-hybridized carbons (Fsp3) is 0.467. The van der Waals surface area contributed by atoms with Crippen molar-refractivity contribution in [2.75, 3.05) is 13.1 Å². The molecule has 0 saturated carbocycles. The van der Waals surface area contributed by atoms with Crippen molar-refractivity contribution >= 4 is 11.9 Å². The summed E-state index contributed by atoms with van der Waals surface area (Å²) in [7, 11) is 0. The van der Waals surface area contributed by atoms with Gasteiger partial charge in [-0.05, 0) is 31.9 Å². The summed E-state index contributed by atoms with van der Waals surface area (Å²) in [5, 5.41) is 8.88. The zero-order valence-corrected chi connectivity index (χ0v) is 11.9. The van der Waals surface area contributed by atoms with E-state index in [0.29, 0.717) is 5.56 Å². The fourth-order valence-electron chi connectivity index (χ4n) is 2.80.